The highest BCUT2D eigenvalue weighted by Gasteiger charge is 2.35. The first-order chi connectivity index (χ1) is 16.9. The Hall–Kier alpha value is -2.04. The van der Waals surface area contributed by atoms with Crippen LogP contribution in [0.2, 0.25) is 0 Å². The summed E-state index contributed by atoms with van der Waals surface area (Å²) in [4.78, 5) is 27.7. The smallest absolute Gasteiger partial charge is 0.412 e. The summed E-state index contributed by atoms with van der Waals surface area (Å²) in [5.74, 6) is -1.46. The van der Waals surface area contributed by atoms with Crippen molar-refractivity contribution < 1.29 is 23.8 Å². The normalized spacial score (nSPS) is 19.7. The SMILES string of the molecule is CCCCCCCCCCCCCCCCOC(=O)Nc1nc(=O)n(C2OCC(O)[C@H]2N)cc1F. The van der Waals surface area contributed by atoms with Gasteiger partial charge in [0.05, 0.1) is 31.6 Å². The summed E-state index contributed by atoms with van der Waals surface area (Å²) in [6, 6.07) is -0.886. The number of hydrogen-bond acceptors (Lipinski definition) is 7. The summed E-state index contributed by atoms with van der Waals surface area (Å²) < 4.78 is 25.5. The van der Waals surface area contributed by atoms with E-state index in [0.29, 0.717) is 0 Å². The first-order valence-corrected chi connectivity index (χ1v) is 13.2. The molecule has 0 radical (unpaired) electrons. The van der Waals surface area contributed by atoms with Gasteiger partial charge in [-0.05, 0) is 6.42 Å². The zero-order valence-corrected chi connectivity index (χ0v) is 21.1. The van der Waals surface area contributed by atoms with Gasteiger partial charge in [0, 0.05) is 0 Å². The van der Waals surface area contributed by atoms with Crippen molar-refractivity contribution >= 4 is 11.9 Å². The van der Waals surface area contributed by atoms with Crippen LogP contribution in [0.3, 0.4) is 0 Å². The van der Waals surface area contributed by atoms with Gasteiger partial charge in [-0.15, -0.1) is 0 Å². The number of anilines is 1. The minimum Gasteiger partial charge on any atom is -0.449 e. The Kier molecular flexibility index (Phi) is 13.8. The molecule has 2 rings (SSSR count). The molecule has 1 fully saturated rings. The molecule has 200 valence electrons. The first-order valence-electron chi connectivity index (χ1n) is 13.2. The van der Waals surface area contributed by atoms with Gasteiger partial charge in [-0.2, -0.15) is 4.98 Å². The molecule has 0 bridgehead atoms. The molecule has 2 heterocycles. The molecule has 1 amide bonds. The number of halogens is 1. The van der Waals surface area contributed by atoms with Crippen molar-refractivity contribution in [1.82, 2.24) is 9.55 Å². The van der Waals surface area contributed by atoms with Gasteiger partial charge in [0.1, 0.15) is 0 Å². The molecule has 1 aliphatic heterocycles. The van der Waals surface area contributed by atoms with E-state index in [2.05, 4.69) is 17.2 Å². The molecular formula is C25H43FN4O5. The van der Waals surface area contributed by atoms with Crippen LogP contribution < -0.4 is 16.7 Å². The predicted octanol–water partition coefficient (Wildman–Crippen LogP) is 4.63. The summed E-state index contributed by atoms with van der Waals surface area (Å²) in [5.41, 5.74) is 4.91. The number of nitrogens with one attached hydrogen (secondary N) is 1. The number of hydrogen-bond donors (Lipinski definition) is 3. The monoisotopic (exact) mass is 498 g/mol. The number of unbranched alkanes of at least 4 members (excludes halogenated alkanes) is 13. The number of ether oxygens (including phenoxy) is 2. The molecule has 9 nitrogen and oxygen atoms in total. The fraction of sp³-hybridized carbons (Fsp3) is 0.800. The Bertz CT molecular complexity index is 807. The number of aliphatic hydroxyl groups is 1. The zero-order valence-electron chi connectivity index (χ0n) is 21.1. The van der Waals surface area contributed by atoms with Crippen LogP contribution >= 0.6 is 0 Å². The van der Waals surface area contributed by atoms with E-state index in [0.717, 1.165) is 30.0 Å². The van der Waals surface area contributed by atoms with E-state index in [-0.39, 0.29) is 13.2 Å². The quantitative estimate of drug-likeness (QED) is 0.267. The van der Waals surface area contributed by atoms with Crippen LogP contribution in [0, 0.1) is 5.82 Å². The third kappa shape index (κ3) is 10.6. The van der Waals surface area contributed by atoms with Crippen LogP contribution in [-0.4, -0.2) is 46.1 Å². The highest BCUT2D eigenvalue weighted by Crippen LogP contribution is 2.22. The van der Waals surface area contributed by atoms with Crippen LogP contribution in [0.15, 0.2) is 11.0 Å². The summed E-state index contributed by atoms with van der Waals surface area (Å²) in [6.45, 7) is 2.39. The van der Waals surface area contributed by atoms with Crippen molar-refractivity contribution in [3.05, 3.63) is 22.5 Å². The maximum Gasteiger partial charge on any atom is 0.412 e. The van der Waals surface area contributed by atoms with Gasteiger partial charge in [-0.1, -0.05) is 90.4 Å². The van der Waals surface area contributed by atoms with Gasteiger partial charge in [0.2, 0.25) is 0 Å². The van der Waals surface area contributed by atoms with Gasteiger partial charge in [-0.3, -0.25) is 9.88 Å². The van der Waals surface area contributed by atoms with E-state index in [1.54, 1.807) is 0 Å². The fourth-order valence-corrected chi connectivity index (χ4v) is 4.18. The molecule has 0 aliphatic carbocycles. The van der Waals surface area contributed by atoms with Crippen LogP contribution in [0.5, 0.6) is 0 Å². The topological polar surface area (TPSA) is 129 Å². The molecule has 1 aromatic heterocycles. The Morgan fingerprint density at radius 2 is 1.66 bits per heavy atom. The molecular weight excluding hydrogens is 455 g/mol. The average Bonchev–Trinajstić information content (AvgIpc) is 3.16. The minimum absolute atomic E-state index is 0.0640. The molecule has 0 spiro atoms. The van der Waals surface area contributed by atoms with E-state index < -0.39 is 41.8 Å². The van der Waals surface area contributed by atoms with Gasteiger partial charge in [-0.25, -0.2) is 14.0 Å². The summed E-state index contributed by atoms with van der Waals surface area (Å²) >= 11 is 0. The van der Waals surface area contributed by atoms with Crippen molar-refractivity contribution in [1.29, 1.82) is 0 Å². The van der Waals surface area contributed by atoms with Crippen LogP contribution in [0.1, 0.15) is 103 Å². The van der Waals surface area contributed by atoms with Crippen molar-refractivity contribution in [3.63, 3.8) is 0 Å². The van der Waals surface area contributed by atoms with E-state index >= 15 is 0 Å². The lowest BCUT2D eigenvalue weighted by molar-refractivity contribution is 0.0400. The minimum atomic E-state index is -1.03. The summed E-state index contributed by atoms with van der Waals surface area (Å²) in [5, 5.41) is 11.8. The summed E-state index contributed by atoms with van der Waals surface area (Å²) in [6.07, 6.45) is 15.3. The van der Waals surface area contributed by atoms with E-state index in [1.165, 1.54) is 70.6 Å². The Labute approximate surface area is 207 Å². The number of rotatable bonds is 17. The van der Waals surface area contributed by atoms with Crippen molar-refractivity contribution in [3.8, 4) is 0 Å². The number of carbonyl (C=O) groups is 1. The molecule has 4 N–H and O–H groups in total. The molecule has 10 heteroatoms. The van der Waals surface area contributed by atoms with Crippen molar-refractivity contribution in [2.45, 2.75) is 115 Å². The second-order valence-electron chi connectivity index (χ2n) is 9.35. The second kappa shape index (κ2) is 16.6. The maximum atomic E-state index is 14.3. The number of nitrogens with zero attached hydrogens (tertiary/aromatic N) is 2. The zero-order chi connectivity index (χ0) is 25.5. The number of nitrogens with two attached hydrogens (primary N) is 1. The standard InChI is InChI=1S/C25H43FN4O5/c1-2-3-4-5-6-7-8-9-10-11-12-13-14-15-16-34-25(33)29-22-19(26)17-30(24(32)28-22)23-21(27)20(31)18-35-23/h17,20-21,23,31H,2-16,18,27H2,1H3,(H,28,29,32,33)/t20?,21-,23?/m1/s1. The van der Waals surface area contributed by atoms with Gasteiger partial charge in [0.25, 0.3) is 0 Å². The third-order valence-electron chi connectivity index (χ3n) is 6.34. The molecule has 3 atom stereocenters. The lowest BCUT2D eigenvalue weighted by Gasteiger charge is -2.18. The number of aliphatic hydroxyl groups excluding tert-OH is 1. The van der Waals surface area contributed by atoms with Crippen molar-refractivity contribution in [2.75, 3.05) is 18.5 Å². The van der Waals surface area contributed by atoms with Crippen LogP contribution in [0.4, 0.5) is 15.0 Å². The lowest BCUT2D eigenvalue weighted by Crippen LogP contribution is -2.41. The predicted molar refractivity (Wildman–Crippen MR) is 133 cm³/mol. The number of amides is 1. The molecule has 1 aromatic rings. The Morgan fingerprint density at radius 1 is 1.11 bits per heavy atom. The molecule has 2 unspecified atom stereocenters. The van der Waals surface area contributed by atoms with Crippen LogP contribution in [-0.2, 0) is 9.47 Å². The summed E-state index contributed by atoms with van der Waals surface area (Å²) in [7, 11) is 0. The third-order valence-corrected chi connectivity index (χ3v) is 6.34. The first kappa shape index (κ1) is 29.2. The van der Waals surface area contributed by atoms with Gasteiger partial charge < -0.3 is 20.3 Å². The molecule has 35 heavy (non-hydrogen) atoms. The molecule has 0 saturated carbocycles. The average molecular weight is 499 g/mol. The second-order valence-corrected chi connectivity index (χ2v) is 9.35. The molecule has 0 aromatic carbocycles. The van der Waals surface area contributed by atoms with Gasteiger partial charge in [0.15, 0.2) is 17.9 Å². The van der Waals surface area contributed by atoms with Crippen molar-refractivity contribution in [2.24, 2.45) is 5.73 Å². The Morgan fingerprint density at radius 3 is 2.17 bits per heavy atom. The molecule has 1 aliphatic rings. The number of carbonyl (C=O) groups excluding carboxylic acids is 1. The highest BCUT2D eigenvalue weighted by atomic mass is 19.1. The fourth-order valence-electron chi connectivity index (χ4n) is 4.18. The van der Waals surface area contributed by atoms with Gasteiger partial charge >= 0.3 is 11.8 Å². The number of aromatic nitrogens is 2. The van der Waals surface area contributed by atoms with E-state index in [1.807, 2.05) is 0 Å². The lowest BCUT2D eigenvalue weighted by atomic mass is 10.0. The van der Waals surface area contributed by atoms with Crippen LogP contribution in [0.25, 0.3) is 0 Å². The van der Waals surface area contributed by atoms with E-state index in [4.69, 9.17) is 15.2 Å². The maximum absolute atomic E-state index is 14.3. The Balaban J connectivity index is 1.52. The highest BCUT2D eigenvalue weighted by molar-refractivity contribution is 5.83. The largest absolute Gasteiger partial charge is 0.449 e. The van der Waals surface area contributed by atoms with E-state index in [9.17, 15) is 19.1 Å². The molecule has 1 saturated heterocycles.